The lowest BCUT2D eigenvalue weighted by Gasteiger charge is -2.05. The smallest absolute Gasteiger partial charge is 0.223 e. The van der Waals surface area contributed by atoms with Crippen LogP contribution in [0.1, 0.15) is 6.92 Å². The quantitative estimate of drug-likeness (QED) is 0.830. The molecule has 2 rings (SSSR count). The van der Waals surface area contributed by atoms with Gasteiger partial charge in [-0.3, -0.25) is 0 Å². The number of rotatable bonds is 5. The summed E-state index contributed by atoms with van der Waals surface area (Å²) in [5.41, 5.74) is 1.95. The Morgan fingerprint density at radius 1 is 1.16 bits per heavy atom. The van der Waals surface area contributed by atoms with Crippen LogP contribution in [0.3, 0.4) is 0 Å². The summed E-state index contributed by atoms with van der Waals surface area (Å²) in [7, 11) is 0. The number of ether oxygens (including phenoxy) is 1. The molecule has 1 heterocycles. The van der Waals surface area contributed by atoms with Crippen LogP contribution in [0, 0.1) is 11.3 Å². The first-order valence-corrected chi connectivity index (χ1v) is 5.99. The van der Waals surface area contributed by atoms with Crippen LogP contribution in [0.2, 0.25) is 0 Å². The zero-order valence-corrected chi connectivity index (χ0v) is 10.6. The Morgan fingerprint density at radius 2 is 1.84 bits per heavy atom. The van der Waals surface area contributed by atoms with Crippen LogP contribution in [0.4, 0.5) is 5.95 Å². The zero-order valence-electron chi connectivity index (χ0n) is 10.6. The van der Waals surface area contributed by atoms with E-state index in [1.165, 1.54) is 0 Å². The number of benzene rings is 1. The fourth-order valence-electron chi connectivity index (χ4n) is 1.60. The molecular weight excluding hydrogens is 240 g/mol. The Labute approximate surface area is 111 Å². The molecule has 19 heavy (non-hydrogen) atoms. The first kappa shape index (κ1) is 12.8. The lowest BCUT2D eigenvalue weighted by Crippen LogP contribution is -2.02. The summed E-state index contributed by atoms with van der Waals surface area (Å²) in [5, 5.41) is 11.2. The number of hydrogen-bond donors (Lipinski definition) is 1. The molecule has 0 aliphatic carbocycles. The van der Waals surface area contributed by atoms with Crippen molar-refractivity contribution in [3.05, 3.63) is 36.7 Å². The Bertz CT molecular complexity index is 557. The summed E-state index contributed by atoms with van der Waals surface area (Å²) < 4.78 is 5.39. The molecule has 0 saturated carbocycles. The standard InChI is InChI=1S/C14H14N4O/c1-2-19-13-5-3-11(4-6-13)12-9-17-14(18-10-12)16-8-7-15/h3-6,9-10H,2,8H2,1H3,(H,16,17,18). The van der Waals surface area contributed by atoms with Gasteiger partial charge in [0.1, 0.15) is 12.3 Å². The monoisotopic (exact) mass is 254 g/mol. The van der Waals surface area contributed by atoms with Crippen molar-refractivity contribution >= 4 is 5.95 Å². The number of anilines is 1. The third-order valence-electron chi connectivity index (χ3n) is 2.48. The number of nitrogens with one attached hydrogen (secondary N) is 1. The van der Waals surface area contributed by atoms with Crippen molar-refractivity contribution < 1.29 is 4.74 Å². The van der Waals surface area contributed by atoms with Crippen molar-refractivity contribution in [2.45, 2.75) is 6.92 Å². The SMILES string of the molecule is CCOc1ccc(-c2cnc(NCC#N)nc2)cc1. The van der Waals surface area contributed by atoms with E-state index in [0.717, 1.165) is 16.9 Å². The molecule has 0 fully saturated rings. The first-order chi connectivity index (χ1) is 9.33. The molecule has 2 aromatic rings. The van der Waals surface area contributed by atoms with Crippen molar-refractivity contribution in [1.82, 2.24) is 9.97 Å². The van der Waals surface area contributed by atoms with Crippen LogP contribution >= 0.6 is 0 Å². The second-order valence-corrected chi connectivity index (χ2v) is 3.76. The molecule has 0 unspecified atom stereocenters. The van der Waals surface area contributed by atoms with Crippen molar-refractivity contribution in [2.75, 3.05) is 18.5 Å². The molecule has 0 atom stereocenters. The maximum atomic E-state index is 8.45. The Hall–Kier alpha value is -2.61. The van der Waals surface area contributed by atoms with Gasteiger partial charge in [-0.2, -0.15) is 5.26 Å². The summed E-state index contributed by atoms with van der Waals surface area (Å²) in [6.07, 6.45) is 3.45. The number of aromatic nitrogens is 2. The molecule has 1 N–H and O–H groups in total. The highest BCUT2D eigenvalue weighted by Crippen LogP contribution is 2.21. The molecule has 0 saturated heterocycles. The van der Waals surface area contributed by atoms with Gasteiger partial charge in [0.25, 0.3) is 0 Å². The highest BCUT2D eigenvalue weighted by Gasteiger charge is 2.01. The fraction of sp³-hybridized carbons (Fsp3) is 0.214. The molecule has 1 aromatic heterocycles. The highest BCUT2D eigenvalue weighted by molar-refractivity contribution is 5.62. The van der Waals surface area contributed by atoms with Crippen LogP contribution in [0.5, 0.6) is 5.75 Å². The van der Waals surface area contributed by atoms with Gasteiger partial charge in [0.05, 0.1) is 12.7 Å². The van der Waals surface area contributed by atoms with E-state index in [2.05, 4.69) is 15.3 Å². The average Bonchev–Trinajstić information content (AvgIpc) is 2.47. The van der Waals surface area contributed by atoms with E-state index in [0.29, 0.717) is 12.6 Å². The Kier molecular flexibility index (Phi) is 4.29. The third-order valence-corrected chi connectivity index (χ3v) is 2.48. The maximum absolute atomic E-state index is 8.45. The van der Waals surface area contributed by atoms with E-state index in [9.17, 15) is 0 Å². The van der Waals surface area contributed by atoms with Crippen molar-refractivity contribution in [1.29, 1.82) is 5.26 Å². The fourth-order valence-corrected chi connectivity index (χ4v) is 1.60. The highest BCUT2D eigenvalue weighted by atomic mass is 16.5. The summed E-state index contributed by atoms with van der Waals surface area (Å²) >= 11 is 0. The minimum absolute atomic E-state index is 0.197. The van der Waals surface area contributed by atoms with E-state index in [1.54, 1.807) is 12.4 Å². The molecule has 1 aromatic carbocycles. The average molecular weight is 254 g/mol. The Balaban J connectivity index is 2.11. The predicted octanol–water partition coefficient (Wildman–Crippen LogP) is 2.48. The van der Waals surface area contributed by atoms with Gasteiger partial charge in [-0.25, -0.2) is 9.97 Å². The normalized spacial score (nSPS) is 9.68. The van der Waals surface area contributed by atoms with Gasteiger partial charge in [-0.1, -0.05) is 12.1 Å². The molecule has 5 heteroatoms. The third kappa shape index (κ3) is 3.42. The zero-order chi connectivity index (χ0) is 13.5. The molecule has 96 valence electrons. The van der Waals surface area contributed by atoms with Gasteiger partial charge in [0.2, 0.25) is 5.95 Å². The van der Waals surface area contributed by atoms with Gasteiger partial charge in [-0.05, 0) is 24.6 Å². The minimum Gasteiger partial charge on any atom is -0.494 e. The number of hydrogen-bond acceptors (Lipinski definition) is 5. The first-order valence-electron chi connectivity index (χ1n) is 5.99. The molecule has 0 spiro atoms. The second-order valence-electron chi connectivity index (χ2n) is 3.76. The van der Waals surface area contributed by atoms with Gasteiger partial charge in [0, 0.05) is 18.0 Å². The van der Waals surface area contributed by atoms with Crippen LogP contribution in [-0.2, 0) is 0 Å². The molecule has 0 amide bonds. The van der Waals surface area contributed by atoms with Crippen LogP contribution in [-0.4, -0.2) is 23.1 Å². The van der Waals surface area contributed by atoms with Gasteiger partial charge in [-0.15, -0.1) is 0 Å². The van der Waals surface area contributed by atoms with Crippen molar-refractivity contribution in [3.63, 3.8) is 0 Å². The number of nitrogens with zero attached hydrogens (tertiary/aromatic N) is 3. The molecule has 0 aliphatic rings. The predicted molar refractivity (Wildman–Crippen MR) is 72.7 cm³/mol. The van der Waals surface area contributed by atoms with Crippen LogP contribution < -0.4 is 10.1 Å². The van der Waals surface area contributed by atoms with Crippen molar-refractivity contribution in [2.24, 2.45) is 0 Å². The summed E-state index contributed by atoms with van der Waals surface area (Å²) in [4.78, 5) is 8.29. The van der Waals surface area contributed by atoms with Crippen LogP contribution in [0.15, 0.2) is 36.7 Å². The molecule has 5 nitrogen and oxygen atoms in total. The van der Waals surface area contributed by atoms with Crippen LogP contribution in [0.25, 0.3) is 11.1 Å². The minimum atomic E-state index is 0.197. The molecule has 0 radical (unpaired) electrons. The largest absolute Gasteiger partial charge is 0.494 e. The van der Waals surface area contributed by atoms with Crippen molar-refractivity contribution in [3.8, 4) is 22.9 Å². The Morgan fingerprint density at radius 3 is 2.42 bits per heavy atom. The maximum Gasteiger partial charge on any atom is 0.223 e. The topological polar surface area (TPSA) is 70.8 Å². The van der Waals surface area contributed by atoms with E-state index < -0.39 is 0 Å². The lowest BCUT2D eigenvalue weighted by molar-refractivity contribution is 0.340. The molecule has 0 bridgehead atoms. The summed E-state index contributed by atoms with van der Waals surface area (Å²) in [6.45, 7) is 2.80. The molecule has 0 aliphatic heterocycles. The summed E-state index contributed by atoms with van der Waals surface area (Å²) in [6, 6.07) is 9.74. The van der Waals surface area contributed by atoms with E-state index in [4.69, 9.17) is 10.00 Å². The second kappa shape index (κ2) is 6.36. The van der Waals surface area contributed by atoms with E-state index >= 15 is 0 Å². The van der Waals surface area contributed by atoms with Gasteiger partial charge in [0.15, 0.2) is 0 Å². The van der Waals surface area contributed by atoms with Gasteiger partial charge >= 0.3 is 0 Å². The van der Waals surface area contributed by atoms with Gasteiger partial charge < -0.3 is 10.1 Å². The lowest BCUT2D eigenvalue weighted by atomic mass is 10.1. The summed E-state index contributed by atoms with van der Waals surface area (Å²) in [5.74, 6) is 1.30. The van der Waals surface area contributed by atoms with E-state index in [1.807, 2.05) is 37.3 Å². The van der Waals surface area contributed by atoms with E-state index in [-0.39, 0.29) is 6.54 Å². The number of nitriles is 1. The molecular formula is C14H14N4O.